The van der Waals surface area contributed by atoms with Gasteiger partial charge in [0.25, 0.3) is 0 Å². The molecular weight excluding hydrogens is 301 g/mol. The normalized spacial score (nSPS) is 14.3. The monoisotopic (exact) mass is 321 g/mol. The van der Waals surface area contributed by atoms with E-state index >= 15 is 0 Å². The third-order valence-electron chi connectivity index (χ3n) is 3.68. The number of halogens is 2. The Morgan fingerprint density at radius 2 is 2.00 bits per heavy atom. The van der Waals surface area contributed by atoms with Gasteiger partial charge in [0.05, 0.1) is 4.75 Å². The number of rotatable bonds is 6. The SMILES string of the molecule is CCNC(Cc1ccc(F)cc1Cl)C(C)(C)S(C)(=O)=O. The van der Waals surface area contributed by atoms with Crippen LogP contribution in [-0.4, -0.2) is 32.0 Å². The van der Waals surface area contributed by atoms with Crippen molar-refractivity contribution in [1.29, 1.82) is 0 Å². The van der Waals surface area contributed by atoms with Crippen LogP contribution in [0, 0.1) is 5.82 Å². The van der Waals surface area contributed by atoms with Crippen LogP contribution in [0.25, 0.3) is 0 Å². The Morgan fingerprint density at radius 1 is 1.40 bits per heavy atom. The van der Waals surface area contributed by atoms with E-state index in [0.717, 1.165) is 5.56 Å². The van der Waals surface area contributed by atoms with Gasteiger partial charge in [-0.05, 0) is 44.5 Å². The summed E-state index contributed by atoms with van der Waals surface area (Å²) in [6, 6.07) is 3.87. The molecule has 1 unspecified atom stereocenters. The molecule has 0 aromatic heterocycles. The van der Waals surface area contributed by atoms with Gasteiger partial charge in [-0.1, -0.05) is 24.6 Å². The Hall–Kier alpha value is -0.650. The molecule has 1 N–H and O–H groups in total. The molecule has 20 heavy (non-hydrogen) atoms. The van der Waals surface area contributed by atoms with Gasteiger partial charge in [0.1, 0.15) is 5.82 Å². The maximum Gasteiger partial charge on any atom is 0.154 e. The van der Waals surface area contributed by atoms with Crippen molar-refractivity contribution in [1.82, 2.24) is 5.32 Å². The smallest absolute Gasteiger partial charge is 0.154 e. The lowest BCUT2D eigenvalue weighted by Crippen LogP contribution is -2.52. The van der Waals surface area contributed by atoms with Crippen molar-refractivity contribution in [2.75, 3.05) is 12.8 Å². The van der Waals surface area contributed by atoms with E-state index in [2.05, 4.69) is 5.32 Å². The Bertz CT molecular complexity index is 573. The van der Waals surface area contributed by atoms with E-state index in [1.165, 1.54) is 18.4 Å². The van der Waals surface area contributed by atoms with Gasteiger partial charge in [0, 0.05) is 17.3 Å². The number of likely N-dealkylation sites (N-methyl/N-ethyl adjacent to an activating group) is 1. The Balaban J connectivity index is 3.10. The fraction of sp³-hybridized carbons (Fsp3) is 0.571. The summed E-state index contributed by atoms with van der Waals surface area (Å²) in [5.41, 5.74) is 0.732. The molecule has 0 amide bonds. The largest absolute Gasteiger partial charge is 0.312 e. The molecule has 0 bridgehead atoms. The molecular formula is C14H21ClFNO2S. The molecule has 0 saturated heterocycles. The average molecular weight is 322 g/mol. The second-order valence-electron chi connectivity index (χ2n) is 5.43. The first-order chi connectivity index (χ1) is 9.09. The summed E-state index contributed by atoms with van der Waals surface area (Å²) in [7, 11) is -3.24. The maximum atomic E-state index is 13.1. The Kier molecular flexibility index (Phi) is 5.58. The van der Waals surface area contributed by atoms with Crippen LogP contribution in [0.15, 0.2) is 18.2 Å². The van der Waals surface area contributed by atoms with Gasteiger partial charge in [-0.3, -0.25) is 0 Å². The second kappa shape index (κ2) is 6.41. The quantitative estimate of drug-likeness (QED) is 0.876. The fourth-order valence-corrected chi connectivity index (χ4v) is 2.90. The molecule has 6 heteroatoms. The average Bonchev–Trinajstić information content (AvgIpc) is 2.30. The van der Waals surface area contributed by atoms with Crippen LogP contribution < -0.4 is 5.32 Å². The predicted molar refractivity (Wildman–Crippen MR) is 81.5 cm³/mol. The van der Waals surface area contributed by atoms with E-state index in [1.807, 2.05) is 6.92 Å². The van der Waals surface area contributed by atoms with Crippen molar-refractivity contribution in [3.63, 3.8) is 0 Å². The zero-order valence-electron chi connectivity index (χ0n) is 12.2. The van der Waals surface area contributed by atoms with Gasteiger partial charge < -0.3 is 5.32 Å². The summed E-state index contributed by atoms with van der Waals surface area (Å²) in [5.74, 6) is -0.402. The number of sulfone groups is 1. The van der Waals surface area contributed by atoms with E-state index < -0.39 is 20.4 Å². The lowest BCUT2D eigenvalue weighted by atomic mass is 9.95. The van der Waals surface area contributed by atoms with Crippen LogP contribution in [0.5, 0.6) is 0 Å². The summed E-state index contributed by atoms with van der Waals surface area (Å²) in [5, 5.41) is 3.51. The molecule has 1 rings (SSSR count). The van der Waals surface area contributed by atoms with Crippen LogP contribution in [0.2, 0.25) is 5.02 Å². The van der Waals surface area contributed by atoms with Crippen molar-refractivity contribution in [2.45, 2.75) is 38.0 Å². The maximum absolute atomic E-state index is 13.1. The predicted octanol–water partition coefficient (Wildman–Crippen LogP) is 2.82. The van der Waals surface area contributed by atoms with Crippen LogP contribution >= 0.6 is 11.6 Å². The first kappa shape index (κ1) is 17.4. The first-order valence-electron chi connectivity index (χ1n) is 6.46. The molecule has 1 aromatic rings. The minimum Gasteiger partial charge on any atom is -0.312 e. The van der Waals surface area contributed by atoms with Gasteiger partial charge in [-0.25, -0.2) is 12.8 Å². The Labute approximate surface area is 125 Å². The molecule has 0 saturated carbocycles. The van der Waals surface area contributed by atoms with Gasteiger partial charge in [0.15, 0.2) is 9.84 Å². The Morgan fingerprint density at radius 3 is 2.45 bits per heavy atom. The molecule has 114 valence electrons. The van der Waals surface area contributed by atoms with E-state index in [0.29, 0.717) is 18.0 Å². The van der Waals surface area contributed by atoms with Crippen LogP contribution in [0.1, 0.15) is 26.3 Å². The molecule has 1 aromatic carbocycles. The van der Waals surface area contributed by atoms with E-state index in [-0.39, 0.29) is 6.04 Å². The highest BCUT2D eigenvalue weighted by Crippen LogP contribution is 2.26. The molecule has 0 aliphatic carbocycles. The van der Waals surface area contributed by atoms with Crippen molar-refractivity contribution in [3.05, 3.63) is 34.6 Å². The summed E-state index contributed by atoms with van der Waals surface area (Å²) in [6.45, 7) is 5.93. The van der Waals surface area contributed by atoms with E-state index in [9.17, 15) is 12.8 Å². The zero-order valence-corrected chi connectivity index (χ0v) is 13.8. The number of hydrogen-bond acceptors (Lipinski definition) is 3. The number of hydrogen-bond donors (Lipinski definition) is 1. The molecule has 0 aliphatic heterocycles. The summed E-state index contributed by atoms with van der Waals surface area (Å²) in [4.78, 5) is 0. The zero-order chi connectivity index (χ0) is 15.6. The van der Waals surface area contributed by atoms with Crippen LogP contribution in [0.4, 0.5) is 4.39 Å². The highest BCUT2D eigenvalue weighted by molar-refractivity contribution is 7.92. The van der Waals surface area contributed by atoms with Crippen molar-refractivity contribution >= 4 is 21.4 Å². The second-order valence-corrected chi connectivity index (χ2v) is 8.43. The van der Waals surface area contributed by atoms with Gasteiger partial charge in [-0.2, -0.15) is 0 Å². The van der Waals surface area contributed by atoms with Crippen LogP contribution in [-0.2, 0) is 16.3 Å². The summed E-state index contributed by atoms with van der Waals surface area (Å²) in [6.07, 6.45) is 1.65. The fourth-order valence-electron chi connectivity index (χ4n) is 1.98. The van der Waals surface area contributed by atoms with Crippen molar-refractivity contribution < 1.29 is 12.8 Å². The number of benzene rings is 1. The van der Waals surface area contributed by atoms with Gasteiger partial charge in [-0.15, -0.1) is 0 Å². The highest BCUT2D eigenvalue weighted by Gasteiger charge is 2.38. The third-order valence-corrected chi connectivity index (χ3v) is 6.23. The first-order valence-corrected chi connectivity index (χ1v) is 8.73. The third kappa shape index (κ3) is 3.93. The van der Waals surface area contributed by atoms with E-state index in [1.54, 1.807) is 19.9 Å². The highest BCUT2D eigenvalue weighted by atomic mass is 35.5. The molecule has 0 radical (unpaired) electrons. The van der Waals surface area contributed by atoms with Crippen molar-refractivity contribution in [3.8, 4) is 0 Å². The topological polar surface area (TPSA) is 46.2 Å². The minimum absolute atomic E-state index is 0.300. The molecule has 1 atom stereocenters. The van der Waals surface area contributed by atoms with Crippen molar-refractivity contribution in [2.24, 2.45) is 0 Å². The number of nitrogens with one attached hydrogen (secondary N) is 1. The molecule has 3 nitrogen and oxygen atoms in total. The summed E-state index contributed by atoms with van der Waals surface area (Å²) >= 11 is 6.02. The van der Waals surface area contributed by atoms with Gasteiger partial charge >= 0.3 is 0 Å². The molecule has 0 heterocycles. The standard InChI is InChI=1S/C14H21ClFNO2S/c1-5-17-13(14(2,3)20(4,18)19)8-10-6-7-11(16)9-12(10)15/h6-7,9,13,17H,5,8H2,1-4H3. The lowest BCUT2D eigenvalue weighted by Gasteiger charge is -2.33. The molecule has 0 spiro atoms. The van der Waals surface area contributed by atoms with Crippen LogP contribution in [0.3, 0.4) is 0 Å². The minimum atomic E-state index is -3.24. The van der Waals surface area contributed by atoms with E-state index in [4.69, 9.17) is 11.6 Å². The van der Waals surface area contributed by atoms with Gasteiger partial charge in [0.2, 0.25) is 0 Å². The molecule has 0 aliphatic rings. The molecule has 0 fully saturated rings. The summed E-state index contributed by atoms with van der Waals surface area (Å²) < 4.78 is 36.0. The lowest BCUT2D eigenvalue weighted by molar-refractivity contribution is 0.413.